The third-order valence-electron chi connectivity index (χ3n) is 4.99. The zero-order valence-corrected chi connectivity index (χ0v) is 13.2. The highest BCUT2D eigenvalue weighted by Crippen LogP contribution is 2.39. The molecule has 0 saturated heterocycles. The van der Waals surface area contributed by atoms with E-state index in [9.17, 15) is 10.2 Å². The standard InChI is InChI=1S/C17H26N2O3/c1-12-4-2-7-16(19-12)22-11-17(8-14(20)15(21)9-17)10-18-13-5-3-6-13/h2,4,7,13-15,18,20-21H,3,5-6,8-11H2,1H3/t14-,15+,17?. The number of ether oxygens (including phenoxy) is 1. The summed E-state index contributed by atoms with van der Waals surface area (Å²) in [4.78, 5) is 4.36. The van der Waals surface area contributed by atoms with Gasteiger partial charge in [-0.2, -0.15) is 0 Å². The summed E-state index contributed by atoms with van der Waals surface area (Å²) in [7, 11) is 0. The fourth-order valence-corrected chi connectivity index (χ4v) is 3.35. The van der Waals surface area contributed by atoms with Crippen molar-refractivity contribution in [1.82, 2.24) is 10.3 Å². The van der Waals surface area contributed by atoms with E-state index in [-0.39, 0.29) is 5.41 Å². The number of nitrogens with one attached hydrogen (secondary N) is 1. The number of rotatable bonds is 6. The van der Waals surface area contributed by atoms with E-state index in [1.807, 2.05) is 25.1 Å². The van der Waals surface area contributed by atoms with Gasteiger partial charge >= 0.3 is 0 Å². The zero-order chi connectivity index (χ0) is 15.6. The molecule has 1 aromatic heterocycles. The van der Waals surface area contributed by atoms with Crippen LogP contribution in [0.2, 0.25) is 0 Å². The summed E-state index contributed by atoms with van der Waals surface area (Å²) in [6, 6.07) is 6.30. The van der Waals surface area contributed by atoms with Crippen LogP contribution in [0.15, 0.2) is 18.2 Å². The average molecular weight is 306 g/mol. The molecule has 0 amide bonds. The van der Waals surface area contributed by atoms with Gasteiger partial charge in [0, 0.05) is 29.8 Å². The Morgan fingerprint density at radius 1 is 1.27 bits per heavy atom. The molecule has 3 rings (SSSR count). The maximum absolute atomic E-state index is 9.96. The van der Waals surface area contributed by atoms with Crippen molar-refractivity contribution in [3.05, 3.63) is 23.9 Å². The number of nitrogens with zero attached hydrogens (tertiary/aromatic N) is 1. The van der Waals surface area contributed by atoms with Gasteiger partial charge in [-0.3, -0.25) is 0 Å². The predicted octanol–water partition coefficient (Wildman–Crippen LogP) is 1.41. The number of aliphatic hydroxyl groups excluding tert-OH is 2. The molecule has 1 aromatic rings. The van der Waals surface area contributed by atoms with Crippen LogP contribution >= 0.6 is 0 Å². The zero-order valence-electron chi connectivity index (χ0n) is 13.2. The van der Waals surface area contributed by atoms with Crippen molar-refractivity contribution in [2.75, 3.05) is 13.2 Å². The molecule has 5 nitrogen and oxygen atoms in total. The molecular formula is C17H26N2O3. The summed E-state index contributed by atoms with van der Waals surface area (Å²) in [6.45, 7) is 3.18. The van der Waals surface area contributed by atoms with Gasteiger partial charge in [0.2, 0.25) is 5.88 Å². The summed E-state index contributed by atoms with van der Waals surface area (Å²) in [5.74, 6) is 0.610. The lowest BCUT2D eigenvalue weighted by atomic mass is 9.85. The van der Waals surface area contributed by atoms with Gasteiger partial charge in [0.05, 0.1) is 18.8 Å². The Kier molecular flexibility index (Phi) is 4.66. The van der Waals surface area contributed by atoms with Gasteiger partial charge in [0.25, 0.3) is 0 Å². The molecule has 2 fully saturated rings. The van der Waals surface area contributed by atoms with Crippen LogP contribution in [-0.4, -0.2) is 46.6 Å². The van der Waals surface area contributed by atoms with Crippen molar-refractivity contribution in [3.8, 4) is 5.88 Å². The topological polar surface area (TPSA) is 74.6 Å². The fraction of sp³-hybridized carbons (Fsp3) is 0.706. The van der Waals surface area contributed by atoms with E-state index in [1.54, 1.807) is 0 Å². The molecule has 0 aromatic carbocycles. The van der Waals surface area contributed by atoms with Crippen LogP contribution in [0, 0.1) is 12.3 Å². The number of aliphatic hydroxyl groups is 2. The quantitative estimate of drug-likeness (QED) is 0.741. The first-order valence-corrected chi connectivity index (χ1v) is 8.22. The lowest BCUT2D eigenvalue weighted by Crippen LogP contribution is -2.44. The van der Waals surface area contributed by atoms with Gasteiger partial charge in [0.15, 0.2) is 0 Å². The van der Waals surface area contributed by atoms with E-state index in [2.05, 4.69) is 10.3 Å². The van der Waals surface area contributed by atoms with Crippen molar-refractivity contribution in [1.29, 1.82) is 0 Å². The Hall–Kier alpha value is -1.17. The van der Waals surface area contributed by atoms with Crippen LogP contribution in [0.5, 0.6) is 5.88 Å². The molecule has 2 saturated carbocycles. The van der Waals surface area contributed by atoms with Gasteiger partial charge in [-0.1, -0.05) is 12.5 Å². The van der Waals surface area contributed by atoms with Crippen molar-refractivity contribution in [2.45, 2.75) is 57.3 Å². The van der Waals surface area contributed by atoms with E-state index >= 15 is 0 Å². The van der Waals surface area contributed by atoms with E-state index in [0.29, 0.717) is 31.4 Å². The summed E-state index contributed by atoms with van der Waals surface area (Å²) >= 11 is 0. The van der Waals surface area contributed by atoms with E-state index in [4.69, 9.17) is 4.74 Å². The second-order valence-electron chi connectivity index (χ2n) is 6.96. The largest absolute Gasteiger partial charge is 0.477 e. The number of aromatic nitrogens is 1. The first kappa shape index (κ1) is 15.7. The Morgan fingerprint density at radius 2 is 2.00 bits per heavy atom. The molecule has 1 unspecified atom stereocenters. The highest BCUT2D eigenvalue weighted by Gasteiger charge is 2.45. The van der Waals surface area contributed by atoms with Crippen LogP contribution in [0.1, 0.15) is 37.8 Å². The van der Waals surface area contributed by atoms with Gasteiger partial charge in [0.1, 0.15) is 0 Å². The number of hydrogen-bond acceptors (Lipinski definition) is 5. The third-order valence-corrected chi connectivity index (χ3v) is 4.99. The van der Waals surface area contributed by atoms with Crippen LogP contribution in [-0.2, 0) is 0 Å². The first-order chi connectivity index (χ1) is 10.6. The van der Waals surface area contributed by atoms with Gasteiger partial charge < -0.3 is 20.3 Å². The smallest absolute Gasteiger partial charge is 0.213 e. The molecule has 0 radical (unpaired) electrons. The van der Waals surface area contributed by atoms with Crippen molar-refractivity contribution < 1.29 is 14.9 Å². The molecule has 2 aliphatic carbocycles. The van der Waals surface area contributed by atoms with Crippen LogP contribution in [0.4, 0.5) is 0 Å². The molecule has 0 aliphatic heterocycles. The van der Waals surface area contributed by atoms with Crippen LogP contribution < -0.4 is 10.1 Å². The van der Waals surface area contributed by atoms with E-state index < -0.39 is 12.2 Å². The molecule has 1 heterocycles. The Morgan fingerprint density at radius 3 is 2.59 bits per heavy atom. The monoisotopic (exact) mass is 306 g/mol. The molecule has 5 heteroatoms. The second-order valence-corrected chi connectivity index (χ2v) is 6.96. The Bertz CT molecular complexity index is 494. The van der Waals surface area contributed by atoms with Crippen LogP contribution in [0.25, 0.3) is 0 Å². The highest BCUT2D eigenvalue weighted by atomic mass is 16.5. The fourth-order valence-electron chi connectivity index (χ4n) is 3.35. The SMILES string of the molecule is Cc1cccc(OCC2(CNC3CCC3)C[C@@H](O)[C@@H](O)C2)n1. The summed E-state index contributed by atoms with van der Waals surface area (Å²) < 4.78 is 5.88. The lowest BCUT2D eigenvalue weighted by molar-refractivity contribution is 0.0438. The van der Waals surface area contributed by atoms with Crippen molar-refractivity contribution in [2.24, 2.45) is 5.41 Å². The van der Waals surface area contributed by atoms with Gasteiger partial charge in [-0.15, -0.1) is 0 Å². The van der Waals surface area contributed by atoms with Crippen molar-refractivity contribution >= 4 is 0 Å². The highest BCUT2D eigenvalue weighted by molar-refractivity contribution is 5.15. The maximum atomic E-state index is 9.96. The lowest BCUT2D eigenvalue weighted by Gasteiger charge is -2.34. The van der Waals surface area contributed by atoms with Gasteiger partial charge in [-0.05, 0) is 38.7 Å². The van der Waals surface area contributed by atoms with E-state index in [1.165, 1.54) is 19.3 Å². The van der Waals surface area contributed by atoms with Gasteiger partial charge in [-0.25, -0.2) is 4.98 Å². The normalized spacial score (nSPS) is 32.0. The summed E-state index contributed by atoms with van der Waals surface area (Å²) in [5, 5.41) is 23.5. The molecule has 0 spiro atoms. The van der Waals surface area contributed by atoms with Crippen molar-refractivity contribution in [3.63, 3.8) is 0 Å². The maximum Gasteiger partial charge on any atom is 0.213 e. The molecule has 2 aliphatic rings. The van der Waals surface area contributed by atoms with Crippen LogP contribution in [0.3, 0.4) is 0 Å². The second kappa shape index (κ2) is 6.52. The molecular weight excluding hydrogens is 280 g/mol. The Labute approximate surface area is 131 Å². The molecule has 3 atom stereocenters. The molecule has 22 heavy (non-hydrogen) atoms. The number of hydrogen-bond donors (Lipinski definition) is 3. The third kappa shape index (κ3) is 3.59. The minimum atomic E-state index is -0.655. The first-order valence-electron chi connectivity index (χ1n) is 8.22. The number of aryl methyl sites for hydroxylation is 1. The minimum Gasteiger partial charge on any atom is -0.477 e. The molecule has 0 bridgehead atoms. The average Bonchev–Trinajstić information content (AvgIpc) is 2.71. The predicted molar refractivity (Wildman–Crippen MR) is 83.8 cm³/mol. The summed E-state index contributed by atoms with van der Waals surface area (Å²) in [6.07, 6.45) is 3.57. The molecule has 3 N–H and O–H groups in total. The molecule has 122 valence electrons. The Balaban J connectivity index is 1.62. The minimum absolute atomic E-state index is 0.222. The summed E-state index contributed by atoms with van der Waals surface area (Å²) in [5.41, 5.74) is 0.700. The number of pyridine rings is 1. The van der Waals surface area contributed by atoms with E-state index in [0.717, 1.165) is 12.2 Å².